The molecule has 1 aliphatic rings. The highest BCUT2D eigenvalue weighted by Crippen LogP contribution is 2.34. The molecule has 5 heteroatoms. The minimum atomic E-state index is -2.86. The number of nitrogens with one attached hydrogen (secondary N) is 1. The predicted molar refractivity (Wildman–Crippen MR) is 49.3 cm³/mol. The number of thioether (sulfide) groups is 1. The lowest BCUT2D eigenvalue weighted by Gasteiger charge is -2.15. The second-order valence-corrected chi connectivity index (χ2v) is 5.71. The Morgan fingerprint density at radius 1 is 1.82 bits per heavy atom. The molecule has 11 heavy (non-hydrogen) atoms. The van der Waals surface area contributed by atoms with E-state index in [1.165, 1.54) is 11.8 Å². The van der Waals surface area contributed by atoms with Crippen molar-refractivity contribution in [3.8, 4) is 0 Å². The number of nitrogens with two attached hydrogens (primary N) is 1. The van der Waals surface area contributed by atoms with E-state index in [0.717, 1.165) is 6.42 Å². The van der Waals surface area contributed by atoms with Gasteiger partial charge in [-0.3, -0.25) is 0 Å². The lowest BCUT2D eigenvalue weighted by atomic mass is 10.1. The summed E-state index contributed by atoms with van der Waals surface area (Å²) in [5.74, 6) is 0.218. The first-order valence-corrected chi connectivity index (χ1v) is 6.06. The summed E-state index contributed by atoms with van der Waals surface area (Å²) in [5.41, 5.74) is 0. The maximum atomic E-state index is 11.1. The SMILES string of the molecule is CCC1C=CSC1S(=N)(N)=O. The molecular weight excluding hydrogens is 180 g/mol. The molecule has 0 aliphatic carbocycles. The Kier molecular flexibility index (Phi) is 2.61. The first kappa shape index (κ1) is 9.09. The molecule has 0 radical (unpaired) electrons. The molecule has 0 amide bonds. The highest BCUT2D eigenvalue weighted by atomic mass is 32.3. The first-order valence-electron chi connectivity index (χ1n) is 3.43. The standard InChI is InChI=1S/C6H12N2OS2/c1-2-5-3-4-10-6(5)11(7,8)9/h3-6H,2H2,1H3,(H3,7,8,9). The third-order valence-corrected chi connectivity index (χ3v) is 4.87. The molecule has 3 atom stereocenters. The molecule has 1 rings (SSSR count). The Balaban J connectivity index is 2.77. The molecule has 0 bridgehead atoms. The summed E-state index contributed by atoms with van der Waals surface area (Å²) in [6, 6.07) is 0. The average Bonchev–Trinajstić information content (AvgIpc) is 2.31. The van der Waals surface area contributed by atoms with E-state index in [9.17, 15) is 4.21 Å². The van der Waals surface area contributed by atoms with Gasteiger partial charge in [-0.15, -0.1) is 11.8 Å². The normalized spacial score (nSPS) is 35.5. The molecule has 64 valence electrons. The van der Waals surface area contributed by atoms with Gasteiger partial charge in [0.05, 0.1) is 0 Å². The molecule has 0 aromatic rings. The molecule has 0 spiro atoms. The van der Waals surface area contributed by atoms with Crippen molar-refractivity contribution in [3.05, 3.63) is 11.5 Å². The van der Waals surface area contributed by atoms with Gasteiger partial charge in [0.1, 0.15) is 14.5 Å². The highest BCUT2D eigenvalue weighted by Gasteiger charge is 2.28. The van der Waals surface area contributed by atoms with Crippen LogP contribution in [0.25, 0.3) is 0 Å². The minimum absolute atomic E-state index is 0.218. The minimum Gasteiger partial charge on any atom is -0.244 e. The van der Waals surface area contributed by atoms with Gasteiger partial charge in [-0.05, 0) is 11.8 Å². The maximum Gasteiger partial charge on any atom is 0.116 e. The number of hydrogen-bond donors (Lipinski definition) is 2. The van der Waals surface area contributed by atoms with E-state index in [1.54, 1.807) is 0 Å². The molecule has 0 saturated heterocycles. The Morgan fingerprint density at radius 2 is 2.45 bits per heavy atom. The molecule has 0 aromatic heterocycles. The van der Waals surface area contributed by atoms with E-state index in [2.05, 4.69) is 0 Å². The molecule has 0 saturated carbocycles. The van der Waals surface area contributed by atoms with Crippen LogP contribution in [-0.2, 0) is 9.92 Å². The second kappa shape index (κ2) is 3.16. The van der Waals surface area contributed by atoms with Crippen molar-refractivity contribution in [1.29, 1.82) is 4.78 Å². The van der Waals surface area contributed by atoms with Gasteiger partial charge < -0.3 is 0 Å². The highest BCUT2D eigenvalue weighted by molar-refractivity contribution is 8.15. The van der Waals surface area contributed by atoms with Crippen LogP contribution in [0.4, 0.5) is 0 Å². The Labute approximate surface area is 71.5 Å². The van der Waals surface area contributed by atoms with E-state index in [1.807, 2.05) is 18.4 Å². The van der Waals surface area contributed by atoms with Crippen LogP contribution in [0, 0.1) is 10.7 Å². The van der Waals surface area contributed by atoms with Gasteiger partial charge in [-0.25, -0.2) is 14.1 Å². The molecule has 1 aliphatic heterocycles. The fourth-order valence-corrected chi connectivity index (χ4v) is 3.67. The van der Waals surface area contributed by atoms with Crippen LogP contribution in [0.3, 0.4) is 0 Å². The predicted octanol–water partition coefficient (Wildman–Crippen LogP) is 1.52. The quantitative estimate of drug-likeness (QED) is 0.696. The summed E-state index contributed by atoms with van der Waals surface area (Å²) in [4.78, 5) is 0. The summed E-state index contributed by atoms with van der Waals surface area (Å²) in [7, 11) is -2.86. The Morgan fingerprint density at radius 3 is 2.82 bits per heavy atom. The van der Waals surface area contributed by atoms with Crippen LogP contribution in [0.15, 0.2) is 11.5 Å². The molecular formula is C6H12N2OS2. The zero-order valence-corrected chi connectivity index (χ0v) is 7.95. The van der Waals surface area contributed by atoms with Crippen LogP contribution >= 0.6 is 11.8 Å². The molecule has 3 unspecified atom stereocenters. The van der Waals surface area contributed by atoms with E-state index in [-0.39, 0.29) is 10.5 Å². The fourth-order valence-electron chi connectivity index (χ4n) is 1.09. The van der Waals surface area contributed by atoms with Gasteiger partial charge in [0.15, 0.2) is 0 Å². The van der Waals surface area contributed by atoms with Gasteiger partial charge in [0.25, 0.3) is 0 Å². The molecule has 0 fully saturated rings. The number of rotatable bonds is 2. The summed E-state index contributed by atoms with van der Waals surface area (Å²) in [6.45, 7) is 2.01. The van der Waals surface area contributed by atoms with Crippen molar-refractivity contribution in [2.45, 2.75) is 17.9 Å². The third kappa shape index (κ3) is 1.98. The number of allylic oxidation sites excluding steroid dienone is 1. The molecule has 0 aromatic carbocycles. The van der Waals surface area contributed by atoms with Crippen molar-refractivity contribution >= 4 is 21.7 Å². The summed E-state index contributed by atoms with van der Waals surface area (Å²) >= 11 is 1.41. The molecule has 3 nitrogen and oxygen atoms in total. The van der Waals surface area contributed by atoms with Crippen LogP contribution < -0.4 is 5.14 Å². The summed E-state index contributed by atoms with van der Waals surface area (Å²) < 4.78 is 18.1. The average molecular weight is 192 g/mol. The lowest BCUT2D eigenvalue weighted by molar-refractivity contribution is 0.640. The third-order valence-electron chi connectivity index (χ3n) is 1.70. The van der Waals surface area contributed by atoms with Crippen LogP contribution in [0.5, 0.6) is 0 Å². The van der Waals surface area contributed by atoms with Gasteiger partial charge >= 0.3 is 0 Å². The van der Waals surface area contributed by atoms with Crippen LogP contribution in [0.1, 0.15) is 13.3 Å². The Hall–Kier alpha value is -0.0000000000000000833. The van der Waals surface area contributed by atoms with Crippen molar-refractivity contribution < 1.29 is 4.21 Å². The van der Waals surface area contributed by atoms with Crippen LogP contribution in [-0.4, -0.2) is 8.79 Å². The fraction of sp³-hybridized carbons (Fsp3) is 0.667. The second-order valence-electron chi connectivity index (χ2n) is 2.55. The van der Waals surface area contributed by atoms with Gasteiger partial charge in [-0.1, -0.05) is 13.0 Å². The van der Waals surface area contributed by atoms with Gasteiger partial charge in [-0.2, -0.15) is 0 Å². The zero-order valence-electron chi connectivity index (χ0n) is 6.32. The van der Waals surface area contributed by atoms with Crippen molar-refractivity contribution in [2.24, 2.45) is 11.1 Å². The largest absolute Gasteiger partial charge is 0.244 e. The summed E-state index contributed by atoms with van der Waals surface area (Å²) in [5, 5.41) is 7.13. The van der Waals surface area contributed by atoms with E-state index >= 15 is 0 Å². The Bertz CT molecular complexity index is 258. The summed E-state index contributed by atoms with van der Waals surface area (Å²) in [6.07, 6.45) is 2.89. The first-order chi connectivity index (χ1) is 5.05. The van der Waals surface area contributed by atoms with E-state index in [4.69, 9.17) is 9.92 Å². The topological polar surface area (TPSA) is 66.9 Å². The van der Waals surface area contributed by atoms with Gasteiger partial charge in [0, 0.05) is 5.92 Å². The molecule has 3 N–H and O–H groups in total. The smallest absolute Gasteiger partial charge is 0.116 e. The van der Waals surface area contributed by atoms with Crippen LogP contribution in [0.2, 0.25) is 0 Å². The zero-order chi connectivity index (χ0) is 8.48. The van der Waals surface area contributed by atoms with Crippen molar-refractivity contribution in [3.63, 3.8) is 0 Å². The van der Waals surface area contributed by atoms with Crippen molar-refractivity contribution in [2.75, 3.05) is 0 Å². The number of hydrogen-bond acceptors (Lipinski definition) is 3. The molecule has 1 heterocycles. The monoisotopic (exact) mass is 192 g/mol. The van der Waals surface area contributed by atoms with Gasteiger partial charge in [0.2, 0.25) is 0 Å². The maximum absolute atomic E-state index is 11.1. The lowest BCUT2D eigenvalue weighted by Crippen LogP contribution is -2.28. The van der Waals surface area contributed by atoms with E-state index < -0.39 is 9.92 Å². The van der Waals surface area contributed by atoms with Crippen molar-refractivity contribution in [1.82, 2.24) is 0 Å². The van der Waals surface area contributed by atoms with E-state index in [0.29, 0.717) is 0 Å².